The van der Waals surface area contributed by atoms with Crippen LogP contribution < -0.4 is 0 Å². The number of hydrogen-bond acceptors (Lipinski definition) is 3. The van der Waals surface area contributed by atoms with Crippen molar-refractivity contribution in [3.8, 4) is 0 Å². The molecule has 1 aliphatic heterocycles. The van der Waals surface area contributed by atoms with Crippen molar-refractivity contribution in [2.24, 2.45) is 0 Å². The van der Waals surface area contributed by atoms with Gasteiger partial charge in [-0.3, -0.25) is 0 Å². The number of hydrogen-bond donors (Lipinski definition) is 0. The molecular formula is C11H26O3Si2. The van der Waals surface area contributed by atoms with Crippen molar-refractivity contribution in [2.45, 2.75) is 51.4 Å². The third-order valence-corrected chi connectivity index (χ3v) is 10.2. The molecule has 0 amide bonds. The highest BCUT2D eigenvalue weighted by Gasteiger charge is 2.31. The van der Waals surface area contributed by atoms with Gasteiger partial charge in [-0.05, 0) is 44.9 Å². The summed E-state index contributed by atoms with van der Waals surface area (Å²) in [7, 11) is -2.81. The van der Waals surface area contributed by atoms with Crippen LogP contribution in [0.25, 0.3) is 0 Å². The zero-order valence-electron chi connectivity index (χ0n) is 11.0. The normalized spacial score (nSPS) is 32.1. The van der Waals surface area contributed by atoms with Gasteiger partial charge < -0.3 is 13.3 Å². The molecule has 0 saturated carbocycles. The lowest BCUT2D eigenvalue weighted by molar-refractivity contribution is 0.147. The topological polar surface area (TPSA) is 27.7 Å². The van der Waals surface area contributed by atoms with Gasteiger partial charge in [-0.15, -0.1) is 0 Å². The summed E-state index contributed by atoms with van der Waals surface area (Å²) in [6.45, 7) is 9.22. The molecule has 0 bridgehead atoms. The summed E-state index contributed by atoms with van der Waals surface area (Å²) in [4.78, 5) is 0. The predicted octanol–water partition coefficient (Wildman–Crippen LogP) is 2.67. The Morgan fingerprint density at radius 1 is 1.38 bits per heavy atom. The van der Waals surface area contributed by atoms with Crippen molar-refractivity contribution in [3.63, 3.8) is 0 Å². The van der Waals surface area contributed by atoms with Gasteiger partial charge in [0.25, 0.3) is 0 Å². The van der Waals surface area contributed by atoms with Crippen molar-refractivity contribution in [2.75, 3.05) is 19.8 Å². The molecule has 0 radical (unpaired) electrons. The maximum atomic E-state index is 6.26. The van der Waals surface area contributed by atoms with Crippen molar-refractivity contribution < 1.29 is 13.3 Å². The van der Waals surface area contributed by atoms with E-state index in [1.165, 1.54) is 24.9 Å². The Morgan fingerprint density at radius 3 is 2.94 bits per heavy atom. The Labute approximate surface area is 102 Å². The maximum Gasteiger partial charge on any atom is 0.307 e. The van der Waals surface area contributed by atoms with Crippen LogP contribution in [0.2, 0.25) is 25.2 Å². The summed E-state index contributed by atoms with van der Waals surface area (Å²) in [5.74, 6) is 0. The van der Waals surface area contributed by atoms with Crippen LogP contribution >= 0.6 is 0 Å². The van der Waals surface area contributed by atoms with Gasteiger partial charge in [-0.25, -0.2) is 0 Å². The van der Waals surface area contributed by atoms with Gasteiger partial charge in [0.2, 0.25) is 0 Å². The summed E-state index contributed by atoms with van der Waals surface area (Å²) >= 11 is 0. The second-order valence-corrected chi connectivity index (χ2v) is 11.1. The van der Waals surface area contributed by atoms with Crippen molar-refractivity contribution in [1.82, 2.24) is 0 Å². The minimum absolute atomic E-state index is 0.827. The van der Waals surface area contributed by atoms with Crippen LogP contribution in [0.5, 0.6) is 0 Å². The molecule has 0 aliphatic carbocycles. The standard InChI is InChI=1S/C11H26O3Si2/c1-4-12-8-7-11-16(3)10-6-5-9-13-15(2)14-16/h15H,4-11H2,1-3H3. The largest absolute Gasteiger partial charge is 0.438 e. The molecule has 0 aromatic carbocycles. The molecule has 0 N–H and O–H groups in total. The first-order chi connectivity index (χ1) is 7.66. The van der Waals surface area contributed by atoms with Crippen molar-refractivity contribution >= 4 is 17.6 Å². The molecular weight excluding hydrogens is 236 g/mol. The summed E-state index contributed by atoms with van der Waals surface area (Å²) in [5.41, 5.74) is 0. The molecule has 16 heavy (non-hydrogen) atoms. The maximum absolute atomic E-state index is 6.26. The SMILES string of the molecule is CCOCCC[Si]1(C)CCCCO[SiH](C)O1. The summed E-state index contributed by atoms with van der Waals surface area (Å²) in [6.07, 6.45) is 3.64. The Kier molecular flexibility index (Phi) is 6.83. The highest BCUT2D eigenvalue weighted by Crippen LogP contribution is 2.25. The average molecular weight is 262 g/mol. The minimum Gasteiger partial charge on any atom is -0.438 e. The van der Waals surface area contributed by atoms with Gasteiger partial charge in [0.05, 0.1) is 0 Å². The van der Waals surface area contributed by atoms with E-state index in [2.05, 4.69) is 13.1 Å². The Hall–Kier alpha value is 0.314. The molecule has 3 nitrogen and oxygen atoms in total. The molecule has 0 spiro atoms. The lowest BCUT2D eigenvalue weighted by Gasteiger charge is -2.32. The van der Waals surface area contributed by atoms with Crippen molar-refractivity contribution in [3.05, 3.63) is 0 Å². The predicted molar refractivity (Wildman–Crippen MR) is 71.6 cm³/mol. The molecule has 0 aromatic rings. The molecule has 2 atom stereocenters. The monoisotopic (exact) mass is 262 g/mol. The Balaban J connectivity index is 2.32. The zero-order valence-corrected chi connectivity index (χ0v) is 13.1. The third kappa shape index (κ3) is 5.59. The minimum atomic E-state index is -1.48. The molecule has 96 valence electrons. The van der Waals surface area contributed by atoms with E-state index >= 15 is 0 Å². The van der Waals surface area contributed by atoms with Gasteiger partial charge in [-0.2, -0.15) is 0 Å². The highest BCUT2D eigenvalue weighted by molar-refractivity contribution is 6.78. The summed E-state index contributed by atoms with van der Waals surface area (Å²) in [6, 6.07) is 2.54. The van der Waals surface area contributed by atoms with Gasteiger partial charge in [0.1, 0.15) is 0 Å². The van der Waals surface area contributed by atoms with Crippen LogP contribution in [0, 0.1) is 0 Å². The quantitative estimate of drug-likeness (QED) is 0.563. The van der Waals surface area contributed by atoms with E-state index in [0.717, 1.165) is 26.2 Å². The van der Waals surface area contributed by atoms with Gasteiger partial charge in [0.15, 0.2) is 8.32 Å². The molecule has 5 heteroatoms. The summed E-state index contributed by atoms with van der Waals surface area (Å²) in [5, 5.41) is 0. The van der Waals surface area contributed by atoms with Crippen LogP contribution in [0.3, 0.4) is 0 Å². The first kappa shape index (κ1) is 14.4. The Morgan fingerprint density at radius 2 is 2.19 bits per heavy atom. The fourth-order valence-corrected chi connectivity index (χ4v) is 9.28. The van der Waals surface area contributed by atoms with E-state index in [4.69, 9.17) is 13.3 Å². The fraction of sp³-hybridized carbons (Fsp3) is 1.00. The van der Waals surface area contributed by atoms with E-state index in [1.54, 1.807) is 0 Å². The second kappa shape index (κ2) is 7.60. The van der Waals surface area contributed by atoms with Gasteiger partial charge in [-0.1, -0.05) is 6.42 Å². The molecule has 1 aliphatic rings. The van der Waals surface area contributed by atoms with Crippen molar-refractivity contribution in [1.29, 1.82) is 0 Å². The van der Waals surface area contributed by atoms with E-state index in [0.29, 0.717) is 0 Å². The van der Waals surface area contributed by atoms with Crippen LogP contribution in [0.15, 0.2) is 0 Å². The van der Waals surface area contributed by atoms with E-state index in [-0.39, 0.29) is 0 Å². The van der Waals surface area contributed by atoms with E-state index < -0.39 is 17.6 Å². The molecule has 1 rings (SSSR count). The van der Waals surface area contributed by atoms with Crippen LogP contribution in [0.1, 0.15) is 26.2 Å². The second-order valence-electron chi connectivity index (χ2n) is 4.76. The summed E-state index contributed by atoms with van der Waals surface area (Å²) < 4.78 is 17.4. The number of ether oxygens (including phenoxy) is 1. The molecule has 0 aromatic heterocycles. The molecule has 1 saturated heterocycles. The van der Waals surface area contributed by atoms with E-state index in [9.17, 15) is 0 Å². The zero-order chi connectivity index (χ0) is 11.9. The van der Waals surface area contributed by atoms with Crippen LogP contribution in [-0.4, -0.2) is 37.4 Å². The molecule has 1 fully saturated rings. The third-order valence-electron chi connectivity index (χ3n) is 3.10. The van der Waals surface area contributed by atoms with Gasteiger partial charge in [0, 0.05) is 19.8 Å². The van der Waals surface area contributed by atoms with Crippen LogP contribution in [-0.2, 0) is 13.3 Å². The molecule has 1 heterocycles. The lowest BCUT2D eigenvalue weighted by Crippen LogP contribution is -2.42. The molecule has 2 unspecified atom stereocenters. The van der Waals surface area contributed by atoms with E-state index in [1.807, 2.05) is 6.92 Å². The van der Waals surface area contributed by atoms with Gasteiger partial charge >= 0.3 is 9.28 Å². The average Bonchev–Trinajstić information content (AvgIpc) is 2.22. The first-order valence-electron chi connectivity index (χ1n) is 6.53. The highest BCUT2D eigenvalue weighted by atomic mass is 28.4. The first-order valence-corrected chi connectivity index (χ1v) is 11.5. The van der Waals surface area contributed by atoms with Crippen LogP contribution in [0.4, 0.5) is 0 Å². The fourth-order valence-electron chi connectivity index (χ4n) is 2.22. The smallest absolute Gasteiger partial charge is 0.307 e. The lowest BCUT2D eigenvalue weighted by atomic mass is 10.4. The number of rotatable bonds is 5. The Bertz CT molecular complexity index is 192.